The van der Waals surface area contributed by atoms with E-state index in [1.807, 2.05) is 60.7 Å². The smallest absolute Gasteiger partial charge is 0.432 e. The third kappa shape index (κ3) is 9.72. The normalized spacial score (nSPS) is 9.92. The first-order valence-electron chi connectivity index (χ1n) is 7.87. The zero-order chi connectivity index (χ0) is 16.9. The van der Waals surface area contributed by atoms with Crippen molar-refractivity contribution in [3.8, 4) is 0 Å². The number of carbonyl (C=O) groups is 1. The predicted octanol–water partition coefficient (Wildman–Crippen LogP) is 4.00. The van der Waals surface area contributed by atoms with E-state index in [2.05, 4.69) is 0 Å². The molecule has 2 rings (SSSR count). The molecule has 0 heterocycles. The van der Waals surface area contributed by atoms with Crippen molar-refractivity contribution in [2.75, 3.05) is 26.4 Å². The van der Waals surface area contributed by atoms with E-state index in [-0.39, 0.29) is 25.6 Å². The second kappa shape index (κ2) is 13.2. The molecule has 0 atom stereocenters. The van der Waals surface area contributed by atoms with Crippen LogP contribution in [0.15, 0.2) is 60.7 Å². The van der Waals surface area contributed by atoms with Gasteiger partial charge in [-0.05, 0) is 11.1 Å². The van der Waals surface area contributed by atoms with Crippen molar-refractivity contribution in [3.63, 3.8) is 0 Å². The molecule has 0 aromatic heterocycles. The summed E-state index contributed by atoms with van der Waals surface area (Å²) in [4.78, 5) is 11.4. The zero-order valence-corrected chi connectivity index (χ0v) is 14.8. The van der Waals surface area contributed by atoms with Crippen molar-refractivity contribution in [1.29, 1.82) is 0 Å². The summed E-state index contributed by atoms with van der Waals surface area (Å²) in [7, 11) is 0. The van der Waals surface area contributed by atoms with E-state index >= 15 is 0 Å². The van der Waals surface area contributed by atoms with Gasteiger partial charge in [-0.2, -0.15) is 0 Å². The lowest BCUT2D eigenvalue weighted by atomic mass is 10.2. The highest BCUT2D eigenvalue weighted by molar-refractivity contribution is 5.85. The van der Waals surface area contributed by atoms with Crippen LogP contribution >= 0.6 is 12.4 Å². The molecule has 0 radical (unpaired) electrons. The zero-order valence-electron chi connectivity index (χ0n) is 14.0. The van der Waals surface area contributed by atoms with Crippen LogP contribution in [0.5, 0.6) is 0 Å². The second-order valence-electron chi connectivity index (χ2n) is 5.02. The highest BCUT2D eigenvalue weighted by atomic mass is 35.5. The lowest BCUT2D eigenvalue weighted by molar-refractivity contribution is 0.00653. The minimum atomic E-state index is -0.707. The average molecular weight is 367 g/mol. The largest absolute Gasteiger partial charge is 0.508 e. The molecule has 0 aliphatic heterocycles. The van der Waals surface area contributed by atoms with Gasteiger partial charge in [0.2, 0.25) is 0 Å². The van der Waals surface area contributed by atoms with Gasteiger partial charge in [-0.1, -0.05) is 60.7 Å². The summed E-state index contributed by atoms with van der Waals surface area (Å²) in [5, 5.41) is 0. The summed E-state index contributed by atoms with van der Waals surface area (Å²) in [5.74, 6) is 0. The van der Waals surface area contributed by atoms with Gasteiger partial charge in [-0.3, -0.25) is 0 Å². The van der Waals surface area contributed by atoms with Gasteiger partial charge in [0.05, 0.1) is 26.4 Å². The summed E-state index contributed by atoms with van der Waals surface area (Å²) in [6, 6.07) is 19.6. The van der Waals surface area contributed by atoms with Gasteiger partial charge in [0.25, 0.3) is 0 Å². The molecule has 6 heteroatoms. The molecule has 0 fully saturated rings. The number of hydrogen-bond acceptors (Lipinski definition) is 5. The van der Waals surface area contributed by atoms with Crippen molar-refractivity contribution in [2.24, 2.45) is 0 Å². The maximum atomic E-state index is 11.4. The summed E-state index contributed by atoms with van der Waals surface area (Å²) in [6.45, 7) is 1.97. The Hall–Kier alpha value is -2.08. The number of rotatable bonds is 10. The quantitative estimate of drug-likeness (QED) is 0.470. The Morgan fingerprint density at radius 2 is 1.04 bits per heavy atom. The van der Waals surface area contributed by atoms with Crippen LogP contribution < -0.4 is 0 Å². The number of ether oxygens (including phenoxy) is 4. The molecule has 0 saturated heterocycles. The van der Waals surface area contributed by atoms with E-state index in [1.54, 1.807) is 0 Å². The van der Waals surface area contributed by atoms with E-state index in [1.165, 1.54) is 0 Å². The van der Waals surface area contributed by atoms with Crippen LogP contribution in [0.2, 0.25) is 0 Å². The third-order valence-corrected chi connectivity index (χ3v) is 3.12. The van der Waals surface area contributed by atoms with Crippen molar-refractivity contribution in [2.45, 2.75) is 13.2 Å². The van der Waals surface area contributed by atoms with Crippen molar-refractivity contribution in [3.05, 3.63) is 71.8 Å². The maximum absolute atomic E-state index is 11.4. The summed E-state index contributed by atoms with van der Waals surface area (Å²) in [5.41, 5.74) is 2.16. The van der Waals surface area contributed by atoms with E-state index in [0.29, 0.717) is 26.4 Å². The van der Waals surface area contributed by atoms with Gasteiger partial charge in [-0.25, -0.2) is 4.79 Å². The van der Waals surface area contributed by atoms with Crippen LogP contribution in [0, 0.1) is 0 Å². The van der Waals surface area contributed by atoms with Crippen LogP contribution in [0.4, 0.5) is 4.79 Å². The van der Waals surface area contributed by atoms with Gasteiger partial charge < -0.3 is 18.9 Å². The molecular weight excluding hydrogens is 344 g/mol. The first-order valence-corrected chi connectivity index (χ1v) is 7.87. The minimum absolute atomic E-state index is 0. The number of hydrogen-bond donors (Lipinski definition) is 0. The third-order valence-electron chi connectivity index (χ3n) is 3.12. The van der Waals surface area contributed by atoms with Gasteiger partial charge in [-0.15, -0.1) is 12.4 Å². The molecule has 0 bridgehead atoms. The van der Waals surface area contributed by atoms with E-state index in [9.17, 15) is 4.79 Å². The molecule has 0 N–H and O–H groups in total. The molecule has 0 aliphatic carbocycles. The molecule has 0 aliphatic rings. The van der Waals surface area contributed by atoms with Crippen molar-refractivity contribution in [1.82, 2.24) is 0 Å². The Kier molecular flexibility index (Phi) is 11.1. The van der Waals surface area contributed by atoms with E-state index in [0.717, 1.165) is 11.1 Å². The van der Waals surface area contributed by atoms with Crippen LogP contribution in [0.3, 0.4) is 0 Å². The lowest BCUT2D eigenvalue weighted by Gasteiger charge is -2.08. The van der Waals surface area contributed by atoms with Crippen molar-refractivity contribution < 1.29 is 23.7 Å². The summed E-state index contributed by atoms with van der Waals surface area (Å²) < 4.78 is 20.6. The molecule has 25 heavy (non-hydrogen) atoms. The predicted molar refractivity (Wildman–Crippen MR) is 96.7 cm³/mol. The van der Waals surface area contributed by atoms with E-state index < -0.39 is 6.16 Å². The molecule has 0 amide bonds. The molecule has 0 saturated carbocycles. The SMILES string of the molecule is Cl.O=C(OCCOCc1ccccc1)OCCOCc1ccccc1. The van der Waals surface area contributed by atoms with Crippen LogP contribution in [0.25, 0.3) is 0 Å². The monoisotopic (exact) mass is 366 g/mol. The Morgan fingerprint density at radius 3 is 1.44 bits per heavy atom. The highest BCUT2D eigenvalue weighted by Gasteiger charge is 2.03. The van der Waals surface area contributed by atoms with E-state index in [4.69, 9.17) is 18.9 Å². The first-order chi connectivity index (χ1) is 11.8. The Bertz CT molecular complexity index is 525. The minimum Gasteiger partial charge on any atom is -0.432 e. The fourth-order valence-electron chi connectivity index (χ4n) is 1.94. The van der Waals surface area contributed by atoms with Gasteiger partial charge in [0.1, 0.15) is 13.2 Å². The highest BCUT2D eigenvalue weighted by Crippen LogP contribution is 2.01. The van der Waals surface area contributed by atoms with Crippen LogP contribution in [-0.2, 0) is 32.2 Å². The average Bonchev–Trinajstić information content (AvgIpc) is 2.63. The molecule has 5 nitrogen and oxygen atoms in total. The number of benzene rings is 2. The summed E-state index contributed by atoms with van der Waals surface area (Å²) in [6.07, 6.45) is -0.707. The van der Waals surface area contributed by atoms with Gasteiger partial charge in [0.15, 0.2) is 0 Å². The second-order valence-corrected chi connectivity index (χ2v) is 5.02. The first kappa shape index (κ1) is 21.0. The Balaban J connectivity index is 0.00000312. The fourth-order valence-corrected chi connectivity index (χ4v) is 1.94. The summed E-state index contributed by atoms with van der Waals surface area (Å²) >= 11 is 0. The van der Waals surface area contributed by atoms with Gasteiger partial charge >= 0.3 is 6.16 Å². The maximum Gasteiger partial charge on any atom is 0.508 e. The molecule has 0 spiro atoms. The van der Waals surface area contributed by atoms with Crippen LogP contribution in [-0.4, -0.2) is 32.6 Å². The standard InChI is InChI=1S/C19H22O5.ClH/c20-19(23-13-11-21-15-17-7-3-1-4-8-17)24-14-12-22-16-18-9-5-2-6-10-18;/h1-10H,11-16H2;1H. The molecule has 0 unspecified atom stereocenters. The van der Waals surface area contributed by atoms with Gasteiger partial charge in [0, 0.05) is 0 Å². The lowest BCUT2D eigenvalue weighted by Crippen LogP contribution is -2.15. The molecule has 2 aromatic rings. The topological polar surface area (TPSA) is 54.0 Å². The molecular formula is C19H23ClO5. The van der Waals surface area contributed by atoms with Crippen molar-refractivity contribution >= 4 is 18.6 Å². The fraction of sp³-hybridized carbons (Fsp3) is 0.316. The molecule has 136 valence electrons. The Labute approximate surface area is 154 Å². The number of halogens is 1. The number of carbonyl (C=O) groups excluding carboxylic acids is 1. The van der Waals surface area contributed by atoms with Crippen LogP contribution in [0.1, 0.15) is 11.1 Å². The Morgan fingerprint density at radius 1 is 0.640 bits per heavy atom. The molecule has 2 aromatic carbocycles.